The zero-order chi connectivity index (χ0) is 12.1. The molecule has 1 heteroatoms. The van der Waals surface area contributed by atoms with Crippen molar-refractivity contribution in [1.82, 2.24) is 0 Å². The predicted octanol–water partition coefficient (Wildman–Crippen LogP) is 3.84. The monoisotopic (exact) mass is 231 g/mol. The van der Waals surface area contributed by atoms with Crippen molar-refractivity contribution in [2.45, 2.75) is 63.8 Å². The maximum absolute atomic E-state index is 6.52. The molecular formula is C16H25N. The van der Waals surface area contributed by atoms with Crippen molar-refractivity contribution in [2.75, 3.05) is 0 Å². The molecule has 2 rings (SSSR count). The summed E-state index contributed by atoms with van der Waals surface area (Å²) < 4.78 is 0. The van der Waals surface area contributed by atoms with Crippen LogP contribution in [-0.4, -0.2) is 5.54 Å². The van der Waals surface area contributed by atoms with E-state index in [2.05, 4.69) is 31.2 Å². The minimum Gasteiger partial charge on any atom is -0.324 e. The molecule has 94 valence electrons. The number of hydrogen-bond acceptors (Lipinski definition) is 1. The van der Waals surface area contributed by atoms with Crippen LogP contribution in [0.2, 0.25) is 0 Å². The molecular weight excluding hydrogens is 206 g/mol. The Morgan fingerprint density at radius 1 is 1.00 bits per heavy atom. The molecule has 0 radical (unpaired) electrons. The lowest BCUT2D eigenvalue weighted by atomic mass is 9.90. The molecule has 0 fully saturated rings. The molecule has 0 saturated carbocycles. The van der Waals surface area contributed by atoms with E-state index >= 15 is 0 Å². The van der Waals surface area contributed by atoms with E-state index in [1.807, 2.05) is 0 Å². The summed E-state index contributed by atoms with van der Waals surface area (Å²) in [6, 6.07) is 8.74. The van der Waals surface area contributed by atoms with Gasteiger partial charge in [0.15, 0.2) is 0 Å². The van der Waals surface area contributed by atoms with Gasteiger partial charge in [0.25, 0.3) is 0 Å². The lowest BCUT2D eigenvalue weighted by molar-refractivity contribution is 0.391. The van der Waals surface area contributed by atoms with Crippen molar-refractivity contribution < 1.29 is 0 Å². The van der Waals surface area contributed by atoms with E-state index in [0.29, 0.717) is 0 Å². The molecule has 1 aliphatic rings. The van der Waals surface area contributed by atoms with Gasteiger partial charge in [0, 0.05) is 5.54 Å². The predicted molar refractivity (Wildman–Crippen MR) is 74.1 cm³/mol. The summed E-state index contributed by atoms with van der Waals surface area (Å²) in [4.78, 5) is 0. The highest BCUT2D eigenvalue weighted by atomic mass is 14.7. The van der Waals surface area contributed by atoms with Crippen molar-refractivity contribution in [3.8, 4) is 0 Å². The van der Waals surface area contributed by atoms with E-state index in [1.54, 1.807) is 0 Å². The first-order chi connectivity index (χ1) is 8.23. The zero-order valence-corrected chi connectivity index (χ0v) is 11.0. The Labute approximate surface area is 105 Å². The van der Waals surface area contributed by atoms with Gasteiger partial charge in [0.2, 0.25) is 0 Å². The van der Waals surface area contributed by atoms with Gasteiger partial charge < -0.3 is 5.73 Å². The number of unbranched alkanes of at least 4 members (excludes halogenated alkanes) is 4. The fourth-order valence-electron chi connectivity index (χ4n) is 2.98. The highest BCUT2D eigenvalue weighted by Gasteiger charge is 2.32. The van der Waals surface area contributed by atoms with E-state index in [-0.39, 0.29) is 5.54 Å². The summed E-state index contributed by atoms with van der Waals surface area (Å²) in [5, 5.41) is 0. The SMILES string of the molecule is CCCCCCCC1(N)Cc2ccccc2C1. The van der Waals surface area contributed by atoms with Gasteiger partial charge in [-0.05, 0) is 30.4 Å². The molecule has 0 aliphatic heterocycles. The van der Waals surface area contributed by atoms with Gasteiger partial charge in [-0.2, -0.15) is 0 Å². The molecule has 0 amide bonds. The first-order valence-electron chi connectivity index (χ1n) is 7.09. The van der Waals surface area contributed by atoms with E-state index < -0.39 is 0 Å². The molecule has 0 unspecified atom stereocenters. The van der Waals surface area contributed by atoms with Crippen LogP contribution in [0, 0.1) is 0 Å². The van der Waals surface area contributed by atoms with Crippen LogP contribution in [-0.2, 0) is 12.8 Å². The number of benzene rings is 1. The van der Waals surface area contributed by atoms with Gasteiger partial charge in [-0.15, -0.1) is 0 Å². The lowest BCUT2D eigenvalue weighted by Crippen LogP contribution is -2.40. The molecule has 1 aliphatic carbocycles. The number of rotatable bonds is 6. The maximum Gasteiger partial charge on any atom is 0.0236 e. The van der Waals surface area contributed by atoms with Gasteiger partial charge in [-0.25, -0.2) is 0 Å². The van der Waals surface area contributed by atoms with E-state index in [9.17, 15) is 0 Å². The molecule has 0 spiro atoms. The molecule has 1 aromatic rings. The average Bonchev–Trinajstić information content (AvgIpc) is 2.65. The van der Waals surface area contributed by atoms with E-state index in [4.69, 9.17) is 5.73 Å². The fraction of sp³-hybridized carbons (Fsp3) is 0.625. The minimum absolute atomic E-state index is 0.0515. The molecule has 2 N–H and O–H groups in total. The Morgan fingerprint density at radius 3 is 2.18 bits per heavy atom. The van der Waals surface area contributed by atoms with Crippen molar-refractivity contribution in [3.05, 3.63) is 35.4 Å². The van der Waals surface area contributed by atoms with Gasteiger partial charge >= 0.3 is 0 Å². The first kappa shape index (κ1) is 12.6. The standard InChI is InChI=1S/C16H25N/c1-2-3-4-5-8-11-16(17)12-14-9-6-7-10-15(14)13-16/h6-7,9-10H,2-5,8,11-13,17H2,1H3. The van der Waals surface area contributed by atoms with Crippen LogP contribution in [0.25, 0.3) is 0 Å². The fourth-order valence-corrected chi connectivity index (χ4v) is 2.98. The maximum atomic E-state index is 6.52. The number of nitrogens with two attached hydrogens (primary N) is 1. The summed E-state index contributed by atoms with van der Waals surface area (Å²) >= 11 is 0. The highest BCUT2D eigenvalue weighted by Crippen LogP contribution is 2.31. The summed E-state index contributed by atoms with van der Waals surface area (Å²) in [5.41, 5.74) is 9.53. The molecule has 1 aromatic carbocycles. The van der Waals surface area contributed by atoms with Crippen LogP contribution in [0.1, 0.15) is 56.6 Å². The second-order valence-corrected chi connectivity index (χ2v) is 5.65. The van der Waals surface area contributed by atoms with Crippen LogP contribution >= 0.6 is 0 Å². The minimum atomic E-state index is 0.0515. The van der Waals surface area contributed by atoms with Gasteiger partial charge in [0.05, 0.1) is 0 Å². The second-order valence-electron chi connectivity index (χ2n) is 5.65. The quantitative estimate of drug-likeness (QED) is 0.740. The first-order valence-corrected chi connectivity index (χ1v) is 7.09. The molecule has 0 aromatic heterocycles. The molecule has 1 nitrogen and oxygen atoms in total. The van der Waals surface area contributed by atoms with Crippen LogP contribution in [0.4, 0.5) is 0 Å². The lowest BCUT2D eigenvalue weighted by Gasteiger charge is -2.23. The van der Waals surface area contributed by atoms with Crippen molar-refractivity contribution >= 4 is 0 Å². The number of fused-ring (bicyclic) bond motifs is 1. The van der Waals surface area contributed by atoms with Crippen LogP contribution in [0.15, 0.2) is 24.3 Å². The highest BCUT2D eigenvalue weighted by molar-refractivity contribution is 5.35. The Morgan fingerprint density at radius 2 is 1.59 bits per heavy atom. The summed E-state index contributed by atoms with van der Waals surface area (Å²) in [7, 11) is 0. The Balaban J connectivity index is 1.79. The Hall–Kier alpha value is -0.820. The van der Waals surface area contributed by atoms with Crippen molar-refractivity contribution in [1.29, 1.82) is 0 Å². The smallest absolute Gasteiger partial charge is 0.0236 e. The average molecular weight is 231 g/mol. The third-order valence-corrected chi connectivity index (χ3v) is 3.98. The molecule has 0 heterocycles. The number of hydrogen-bond donors (Lipinski definition) is 1. The Bertz CT molecular complexity index is 331. The van der Waals surface area contributed by atoms with E-state index in [0.717, 1.165) is 12.8 Å². The summed E-state index contributed by atoms with van der Waals surface area (Å²) in [6.07, 6.45) is 10.1. The molecule has 0 saturated heterocycles. The van der Waals surface area contributed by atoms with Gasteiger partial charge in [-0.3, -0.25) is 0 Å². The van der Waals surface area contributed by atoms with Gasteiger partial charge in [0.1, 0.15) is 0 Å². The Kier molecular flexibility index (Phi) is 4.22. The van der Waals surface area contributed by atoms with Crippen LogP contribution in [0.5, 0.6) is 0 Å². The third kappa shape index (κ3) is 3.32. The second kappa shape index (κ2) is 5.68. The van der Waals surface area contributed by atoms with Crippen molar-refractivity contribution in [2.24, 2.45) is 5.73 Å². The van der Waals surface area contributed by atoms with Crippen LogP contribution in [0.3, 0.4) is 0 Å². The van der Waals surface area contributed by atoms with Crippen LogP contribution < -0.4 is 5.73 Å². The summed E-state index contributed by atoms with van der Waals surface area (Å²) in [5.74, 6) is 0. The van der Waals surface area contributed by atoms with E-state index in [1.165, 1.54) is 49.7 Å². The topological polar surface area (TPSA) is 26.0 Å². The largest absolute Gasteiger partial charge is 0.324 e. The van der Waals surface area contributed by atoms with Crippen molar-refractivity contribution in [3.63, 3.8) is 0 Å². The normalized spacial score (nSPS) is 17.1. The third-order valence-electron chi connectivity index (χ3n) is 3.98. The molecule has 0 bridgehead atoms. The van der Waals surface area contributed by atoms with Gasteiger partial charge in [-0.1, -0.05) is 63.3 Å². The zero-order valence-electron chi connectivity index (χ0n) is 11.0. The molecule has 17 heavy (non-hydrogen) atoms. The summed E-state index contributed by atoms with van der Waals surface area (Å²) in [6.45, 7) is 2.26. The molecule has 0 atom stereocenters.